The summed E-state index contributed by atoms with van der Waals surface area (Å²) in [6, 6.07) is 7.11. The molecule has 11 heteroatoms. The number of carbonyl (C=O) groups is 1. The molecule has 0 aliphatic carbocycles. The van der Waals surface area contributed by atoms with E-state index in [2.05, 4.69) is 52.9 Å². The molecule has 0 spiro atoms. The van der Waals surface area contributed by atoms with Crippen LogP contribution >= 0.6 is 47.8 Å². The molecule has 0 unspecified atom stereocenters. The summed E-state index contributed by atoms with van der Waals surface area (Å²) in [6.45, 7) is 11.4. The van der Waals surface area contributed by atoms with E-state index in [9.17, 15) is 9.59 Å². The van der Waals surface area contributed by atoms with Gasteiger partial charge in [0.25, 0.3) is 5.56 Å². The molecule has 0 radical (unpaired) electrons. The summed E-state index contributed by atoms with van der Waals surface area (Å²) in [5, 5.41) is 4.99. The number of fused-ring (bicyclic) bond motifs is 1. The van der Waals surface area contributed by atoms with Crippen molar-refractivity contribution in [2.75, 3.05) is 13.2 Å². The highest BCUT2D eigenvalue weighted by molar-refractivity contribution is 9.13. The zero-order chi connectivity index (χ0) is 27.5. The van der Waals surface area contributed by atoms with Crippen LogP contribution in [0.4, 0.5) is 0 Å². The molecule has 0 N–H and O–H groups in total. The van der Waals surface area contributed by atoms with E-state index in [1.807, 2.05) is 39.8 Å². The van der Waals surface area contributed by atoms with Gasteiger partial charge in [-0.15, -0.1) is 0 Å². The van der Waals surface area contributed by atoms with Crippen LogP contribution in [0.25, 0.3) is 10.9 Å². The second-order valence-corrected chi connectivity index (χ2v) is 11.9. The first-order valence-electron chi connectivity index (χ1n) is 11.6. The highest BCUT2D eigenvalue weighted by atomic mass is 79.9. The van der Waals surface area contributed by atoms with Gasteiger partial charge in [0.2, 0.25) is 0 Å². The second-order valence-electron chi connectivity index (χ2n) is 9.39. The van der Waals surface area contributed by atoms with Crippen LogP contribution in [-0.2, 0) is 14.9 Å². The Morgan fingerprint density at radius 1 is 1.14 bits per heavy atom. The Balaban J connectivity index is 2.09. The minimum atomic E-state index is -0.490. The Kier molecular flexibility index (Phi) is 9.57. The summed E-state index contributed by atoms with van der Waals surface area (Å²) in [7, 11) is 0. The molecule has 1 aromatic heterocycles. The van der Waals surface area contributed by atoms with Crippen LogP contribution < -0.4 is 15.0 Å². The summed E-state index contributed by atoms with van der Waals surface area (Å²) >= 11 is 10.5. The van der Waals surface area contributed by atoms with Crippen molar-refractivity contribution >= 4 is 70.9 Å². The summed E-state index contributed by atoms with van der Waals surface area (Å²) in [4.78, 5) is 30.2. The summed E-state index contributed by atoms with van der Waals surface area (Å²) in [5.41, 5.74) is 0.489. The number of halogens is 3. The predicted molar refractivity (Wildman–Crippen MR) is 155 cm³/mol. The third kappa shape index (κ3) is 7.00. The SMILES string of the molecule is CCOc1cc(C=Nn2c(C(C)(C)C)nc3ccc(Br)cc3c2=O)c(Br)c(Br)c1OCC(=O)OC(C)C. The van der Waals surface area contributed by atoms with Crippen LogP contribution in [-0.4, -0.2) is 41.2 Å². The molecule has 0 amide bonds. The maximum absolute atomic E-state index is 13.4. The lowest BCUT2D eigenvalue weighted by molar-refractivity contribution is -0.149. The Hall–Kier alpha value is -2.24. The van der Waals surface area contributed by atoms with Gasteiger partial charge in [0, 0.05) is 19.9 Å². The lowest BCUT2D eigenvalue weighted by Gasteiger charge is -2.21. The van der Waals surface area contributed by atoms with E-state index in [1.165, 1.54) is 4.68 Å². The molecule has 0 fully saturated rings. The highest BCUT2D eigenvalue weighted by Gasteiger charge is 2.23. The van der Waals surface area contributed by atoms with Crippen LogP contribution in [0.1, 0.15) is 52.9 Å². The first kappa shape index (κ1) is 29.3. The van der Waals surface area contributed by atoms with E-state index in [4.69, 9.17) is 19.2 Å². The molecule has 198 valence electrons. The second kappa shape index (κ2) is 12.1. The lowest BCUT2D eigenvalue weighted by atomic mass is 9.95. The van der Waals surface area contributed by atoms with Gasteiger partial charge in [0.1, 0.15) is 5.82 Å². The topological polar surface area (TPSA) is 92.0 Å². The minimum Gasteiger partial charge on any atom is -0.490 e. The molecule has 3 aromatic rings. The molecule has 1 heterocycles. The Morgan fingerprint density at radius 3 is 2.46 bits per heavy atom. The predicted octanol–water partition coefficient (Wildman–Crippen LogP) is 6.59. The minimum absolute atomic E-state index is 0.247. The monoisotopic (exact) mass is 699 g/mol. The fourth-order valence-corrected chi connectivity index (χ4v) is 4.68. The van der Waals surface area contributed by atoms with Gasteiger partial charge in [-0.3, -0.25) is 4.79 Å². The van der Waals surface area contributed by atoms with Crippen molar-refractivity contribution in [3.63, 3.8) is 0 Å². The molecular weight excluding hydrogens is 674 g/mol. The number of hydrogen-bond acceptors (Lipinski definition) is 7. The largest absolute Gasteiger partial charge is 0.490 e. The molecular formula is C26H28Br3N3O5. The first-order valence-corrected chi connectivity index (χ1v) is 14.0. The van der Waals surface area contributed by atoms with Gasteiger partial charge in [-0.1, -0.05) is 36.7 Å². The van der Waals surface area contributed by atoms with Gasteiger partial charge < -0.3 is 14.2 Å². The average molecular weight is 702 g/mol. The highest BCUT2D eigenvalue weighted by Crippen LogP contribution is 2.42. The van der Waals surface area contributed by atoms with Crippen LogP contribution in [0, 0.1) is 0 Å². The number of carbonyl (C=O) groups excluding carboxylic acids is 1. The van der Waals surface area contributed by atoms with E-state index < -0.39 is 11.4 Å². The van der Waals surface area contributed by atoms with Gasteiger partial charge >= 0.3 is 5.97 Å². The van der Waals surface area contributed by atoms with E-state index in [0.29, 0.717) is 49.3 Å². The number of hydrogen-bond donors (Lipinski definition) is 0. The van der Waals surface area contributed by atoms with Crippen LogP contribution in [0.3, 0.4) is 0 Å². The number of esters is 1. The molecule has 3 rings (SSSR count). The molecule has 0 bridgehead atoms. The van der Waals surface area contributed by atoms with Crippen LogP contribution in [0.5, 0.6) is 11.5 Å². The fraction of sp³-hybridized carbons (Fsp3) is 0.385. The Morgan fingerprint density at radius 2 is 1.84 bits per heavy atom. The van der Waals surface area contributed by atoms with Gasteiger partial charge in [0.15, 0.2) is 18.1 Å². The maximum Gasteiger partial charge on any atom is 0.344 e. The molecule has 0 saturated heterocycles. The van der Waals surface area contributed by atoms with Gasteiger partial charge in [0.05, 0.1) is 34.3 Å². The zero-order valence-electron chi connectivity index (χ0n) is 21.4. The zero-order valence-corrected chi connectivity index (χ0v) is 26.2. The van der Waals surface area contributed by atoms with Crippen molar-refractivity contribution in [3.8, 4) is 11.5 Å². The smallest absolute Gasteiger partial charge is 0.344 e. The van der Waals surface area contributed by atoms with Gasteiger partial charge in [-0.05, 0) is 76.9 Å². The van der Waals surface area contributed by atoms with Crippen molar-refractivity contribution in [3.05, 3.63) is 59.4 Å². The van der Waals surface area contributed by atoms with Crippen molar-refractivity contribution in [1.82, 2.24) is 9.66 Å². The van der Waals surface area contributed by atoms with Crippen molar-refractivity contribution in [1.29, 1.82) is 0 Å². The third-order valence-electron chi connectivity index (χ3n) is 4.95. The quantitative estimate of drug-likeness (QED) is 0.194. The average Bonchev–Trinajstić information content (AvgIpc) is 2.80. The molecule has 0 saturated carbocycles. The summed E-state index contributed by atoms with van der Waals surface area (Å²) in [5.74, 6) is 0.778. The summed E-state index contributed by atoms with van der Waals surface area (Å²) in [6.07, 6.45) is 1.30. The van der Waals surface area contributed by atoms with Gasteiger partial charge in [-0.2, -0.15) is 9.78 Å². The maximum atomic E-state index is 13.4. The molecule has 2 aromatic carbocycles. The van der Waals surface area contributed by atoms with Crippen LogP contribution in [0.15, 0.2) is 47.6 Å². The Bertz CT molecular complexity index is 1410. The number of ether oxygens (including phenoxy) is 3. The number of aromatic nitrogens is 2. The van der Waals surface area contributed by atoms with E-state index >= 15 is 0 Å². The number of rotatable bonds is 8. The fourth-order valence-electron chi connectivity index (χ4n) is 3.39. The normalized spacial score (nSPS) is 11.9. The number of nitrogens with zero attached hydrogens (tertiary/aromatic N) is 3. The van der Waals surface area contributed by atoms with Crippen molar-refractivity contribution in [2.45, 2.75) is 53.1 Å². The first-order chi connectivity index (χ1) is 17.3. The molecule has 0 atom stereocenters. The van der Waals surface area contributed by atoms with E-state index in [0.717, 1.165) is 4.47 Å². The van der Waals surface area contributed by atoms with Crippen LogP contribution in [0.2, 0.25) is 0 Å². The van der Waals surface area contributed by atoms with Crippen molar-refractivity contribution < 1.29 is 19.0 Å². The number of benzene rings is 2. The van der Waals surface area contributed by atoms with E-state index in [1.54, 1.807) is 32.2 Å². The molecule has 37 heavy (non-hydrogen) atoms. The molecule has 0 aliphatic heterocycles. The molecule has 0 aliphatic rings. The molecule has 8 nitrogen and oxygen atoms in total. The lowest BCUT2D eigenvalue weighted by Crippen LogP contribution is -2.29. The van der Waals surface area contributed by atoms with Gasteiger partial charge in [-0.25, -0.2) is 9.78 Å². The Labute approximate surface area is 240 Å². The summed E-state index contributed by atoms with van der Waals surface area (Å²) < 4.78 is 19.9. The third-order valence-corrected chi connectivity index (χ3v) is 7.58. The standard InChI is InChI=1S/C26H28Br3N3O5/c1-7-35-19-10-15(21(28)22(29)23(19)36-13-20(33)37-14(2)3)12-30-32-24(34)17-11-16(27)8-9-18(17)31-25(32)26(4,5)6/h8-12,14H,7,13H2,1-6H3. The van der Waals surface area contributed by atoms with Crippen molar-refractivity contribution in [2.24, 2.45) is 5.10 Å². The van der Waals surface area contributed by atoms with E-state index in [-0.39, 0.29) is 18.3 Å².